The van der Waals surface area contributed by atoms with Gasteiger partial charge in [0.15, 0.2) is 5.69 Å². The number of amides is 1. The summed E-state index contributed by atoms with van der Waals surface area (Å²) in [5.41, 5.74) is -0.745. The van der Waals surface area contributed by atoms with Gasteiger partial charge >= 0.3 is 6.18 Å². The minimum atomic E-state index is -4.78. The molecular weight excluding hydrogens is 414 g/mol. The second-order valence-electron chi connectivity index (χ2n) is 5.93. The molecule has 0 saturated carbocycles. The van der Waals surface area contributed by atoms with Gasteiger partial charge in [0.2, 0.25) is 0 Å². The molecule has 2 aromatic carbocycles. The van der Waals surface area contributed by atoms with Crippen LogP contribution < -0.4 is 5.32 Å². The van der Waals surface area contributed by atoms with Crippen LogP contribution in [0, 0.1) is 0 Å². The second kappa shape index (κ2) is 8.24. The van der Waals surface area contributed by atoms with Gasteiger partial charge in [-0.25, -0.2) is 4.68 Å². The zero-order chi connectivity index (χ0) is 20.3. The summed E-state index contributed by atoms with van der Waals surface area (Å²) in [5, 5.41) is 7.05. The monoisotopic (exact) mass is 427 g/mol. The summed E-state index contributed by atoms with van der Waals surface area (Å²) in [4.78, 5) is 12.4. The van der Waals surface area contributed by atoms with E-state index in [2.05, 4.69) is 10.4 Å². The molecule has 0 saturated heterocycles. The van der Waals surface area contributed by atoms with E-state index in [1.807, 2.05) is 6.07 Å². The van der Waals surface area contributed by atoms with Gasteiger partial charge in [-0.2, -0.15) is 18.3 Å². The molecule has 1 amide bonds. The maximum Gasteiger partial charge on any atom is 0.434 e. The Balaban J connectivity index is 1.82. The first kappa shape index (κ1) is 20.2. The molecule has 28 heavy (non-hydrogen) atoms. The van der Waals surface area contributed by atoms with Gasteiger partial charge in [-0.1, -0.05) is 41.4 Å². The maximum atomic E-state index is 13.6. The molecule has 0 aliphatic rings. The molecule has 146 valence electrons. The first-order valence-electron chi connectivity index (χ1n) is 8.19. The SMILES string of the molecule is O=C(NCCc1cccc(Cl)c1)c1cnn(-c2cccc(Cl)c2)c1C(F)(F)F. The molecule has 3 aromatic rings. The average Bonchev–Trinajstić information content (AvgIpc) is 3.07. The fourth-order valence-electron chi connectivity index (χ4n) is 2.70. The van der Waals surface area contributed by atoms with E-state index in [0.717, 1.165) is 11.8 Å². The Kier molecular flexibility index (Phi) is 5.96. The number of carbonyl (C=O) groups excluding carboxylic acids is 1. The van der Waals surface area contributed by atoms with Crippen molar-refractivity contribution < 1.29 is 18.0 Å². The highest BCUT2D eigenvalue weighted by Gasteiger charge is 2.40. The van der Waals surface area contributed by atoms with Crippen molar-refractivity contribution in [1.29, 1.82) is 0 Å². The van der Waals surface area contributed by atoms with Crippen LogP contribution in [0.25, 0.3) is 5.69 Å². The van der Waals surface area contributed by atoms with Crippen molar-refractivity contribution in [2.75, 3.05) is 6.54 Å². The minimum absolute atomic E-state index is 0.109. The zero-order valence-corrected chi connectivity index (χ0v) is 15.8. The lowest BCUT2D eigenvalue weighted by Gasteiger charge is -2.13. The Labute approximate surface area is 168 Å². The van der Waals surface area contributed by atoms with Gasteiger partial charge in [0.25, 0.3) is 5.91 Å². The van der Waals surface area contributed by atoms with Gasteiger partial charge < -0.3 is 5.32 Å². The Morgan fingerprint density at radius 2 is 1.75 bits per heavy atom. The molecule has 0 unspecified atom stereocenters. The molecule has 0 spiro atoms. The molecule has 4 nitrogen and oxygen atoms in total. The standard InChI is InChI=1S/C19H14Cl2F3N3O/c20-13-4-1-3-12(9-13)7-8-25-18(28)16-11-26-27(17(16)19(22,23)24)15-6-2-5-14(21)10-15/h1-6,9-11H,7-8H2,(H,25,28). The van der Waals surface area contributed by atoms with Crippen LogP contribution in [-0.4, -0.2) is 22.2 Å². The van der Waals surface area contributed by atoms with Gasteiger partial charge in [-0.15, -0.1) is 0 Å². The third-order valence-corrected chi connectivity index (χ3v) is 4.39. The predicted molar refractivity (Wildman–Crippen MR) is 101 cm³/mol. The molecule has 0 aliphatic carbocycles. The molecule has 1 N–H and O–H groups in total. The van der Waals surface area contributed by atoms with Crippen molar-refractivity contribution in [1.82, 2.24) is 15.1 Å². The third-order valence-electron chi connectivity index (χ3n) is 3.92. The summed E-state index contributed by atoms with van der Waals surface area (Å²) in [6.07, 6.45) is -3.45. The summed E-state index contributed by atoms with van der Waals surface area (Å²) in [5.74, 6) is -0.859. The molecule has 0 radical (unpaired) electrons. The van der Waals surface area contributed by atoms with Crippen molar-refractivity contribution in [3.8, 4) is 5.69 Å². The summed E-state index contributed by atoms with van der Waals surface area (Å²) in [7, 11) is 0. The molecule has 0 aliphatic heterocycles. The fraction of sp³-hybridized carbons (Fsp3) is 0.158. The van der Waals surface area contributed by atoms with Crippen molar-refractivity contribution in [3.05, 3.63) is 81.6 Å². The Bertz CT molecular complexity index is 1000. The quantitative estimate of drug-likeness (QED) is 0.610. The summed E-state index contributed by atoms with van der Waals surface area (Å²) >= 11 is 11.7. The number of nitrogens with one attached hydrogen (secondary N) is 1. The Hall–Kier alpha value is -2.51. The molecule has 1 heterocycles. The summed E-state index contributed by atoms with van der Waals surface area (Å²) in [6, 6.07) is 12.8. The molecule has 0 bridgehead atoms. The van der Waals surface area contributed by atoms with Crippen LogP contribution in [0.1, 0.15) is 21.6 Å². The topological polar surface area (TPSA) is 46.9 Å². The highest BCUT2D eigenvalue weighted by atomic mass is 35.5. The number of nitrogens with zero attached hydrogens (tertiary/aromatic N) is 2. The van der Waals surface area contributed by atoms with Crippen molar-refractivity contribution in [3.63, 3.8) is 0 Å². The third kappa shape index (κ3) is 4.66. The Morgan fingerprint density at radius 1 is 1.07 bits per heavy atom. The predicted octanol–water partition coefficient (Wildman–Crippen LogP) is 5.17. The van der Waals surface area contributed by atoms with Crippen LogP contribution in [-0.2, 0) is 12.6 Å². The van der Waals surface area contributed by atoms with Gasteiger partial charge in [0.1, 0.15) is 0 Å². The van der Waals surface area contributed by atoms with E-state index < -0.39 is 23.3 Å². The van der Waals surface area contributed by atoms with Crippen LogP contribution in [0.5, 0.6) is 0 Å². The van der Waals surface area contributed by atoms with Crippen LogP contribution >= 0.6 is 23.2 Å². The molecule has 0 atom stereocenters. The molecule has 1 aromatic heterocycles. The number of hydrogen-bond donors (Lipinski definition) is 1. The highest BCUT2D eigenvalue weighted by Crippen LogP contribution is 2.34. The van der Waals surface area contributed by atoms with Gasteiger partial charge in [-0.05, 0) is 42.3 Å². The van der Waals surface area contributed by atoms with Crippen LogP contribution in [0.2, 0.25) is 10.0 Å². The first-order chi connectivity index (χ1) is 13.3. The number of benzene rings is 2. The Morgan fingerprint density at radius 3 is 2.39 bits per heavy atom. The smallest absolute Gasteiger partial charge is 0.352 e. The van der Waals surface area contributed by atoms with E-state index in [-0.39, 0.29) is 17.3 Å². The van der Waals surface area contributed by atoms with E-state index >= 15 is 0 Å². The van der Waals surface area contributed by atoms with Crippen LogP contribution in [0.3, 0.4) is 0 Å². The normalized spacial score (nSPS) is 11.5. The number of halogens is 5. The van der Waals surface area contributed by atoms with E-state index in [0.29, 0.717) is 16.1 Å². The van der Waals surface area contributed by atoms with Crippen molar-refractivity contribution in [2.45, 2.75) is 12.6 Å². The van der Waals surface area contributed by atoms with Crippen molar-refractivity contribution >= 4 is 29.1 Å². The van der Waals surface area contributed by atoms with Crippen LogP contribution in [0.15, 0.2) is 54.7 Å². The first-order valence-corrected chi connectivity index (χ1v) is 8.95. The van der Waals surface area contributed by atoms with E-state index in [1.54, 1.807) is 18.2 Å². The molecule has 3 rings (SSSR count). The van der Waals surface area contributed by atoms with Gasteiger partial charge in [-0.3, -0.25) is 4.79 Å². The summed E-state index contributed by atoms with van der Waals surface area (Å²) < 4.78 is 41.6. The van der Waals surface area contributed by atoms with E-state index in [1.165, 1.54) is 24.3 Å². The lowest BCUT2D eigenvalue weighted by Crippen LogP contribution is -2.28. The lowest BCUT2D eigenvalue weighted by molar-refractivity contribution is -0.143. The number of carbonyl (C=O) groups is 1. The minimum Gasteiger partial charge on any atom is -0.352 e. The number of rotatable bonds is 5. The van der Waals surface area contributed by atoms with E-state index in [9.17, 15) is 18.0 Å². The number of aromatic nitrogens is 2. The average molecular weight is 428 g/mol. The molecule has 9 heteroatoms. The highest BCUT2D eigenvalue weighted by molar-refractivity contribution is 6.31. The maximum absolute atomic E-state index is 13.6. The van der Waals surface area contributed by atoms with Gasteiger partial charge in [0, 0.05) is 16.6 Å². The fourth-order valence-corrected chi connectivity index (χ4v) is 3.10. The molecular formula is C19H14Cl2F3N3O. The molecule has 0 fully saturated rings. The number of alkyl halides is 3. The van der Waals surface area contributed by atoms with Crippen LogP contribution in [0.4, 0.5) is 13.2 Å². The zero-order valence-electron chi connectivity index (χ0n) is 14.3. The largest absolute Gasteiger partial charge is 0.434 e. The van der Waals surface area contributed by atoms with Gasteiger partial charge in [0.05, 0.1) is 17.4 Å². The van der Waals surface area contributed by atoms with E-state index in [4.69, 9.17) is 23.2 Å². The second-order valence-corrected chi connectivity index (χ2v) is 6.80. The lowest BCUT2D eigenvalue weighted by atomic mass is 10.1. The number of hydrogen-bond acceptors (Lipinski definition) is 2. The van der Waals surface area contributed by atoms with Crippen molar-refractivity contribution in [2.24, 2.45) is 0 Å². The summed E-state index contributed by atoms with van der Waals surface area (Å²) in [6.45, 7) is 0.152.